The van der Waals surface area contributed by atoms with E-state index in [0.29, 0.717) is 25.3 Å². The van der Waals surface area contributed by atoms with Crippen LogP contribution in [-0.4, -0.2) is 53.4 Å². The average molecular weight is 474 g/mol. The Labute approximate surface area is 198 Å². The number of aryl methyl sites for hydroxylation is 3. The highest BCUT2D eigenvalue weighted by molar-refractivity contribution is 5.68. The minimum Gasteiger partial charge on any atom is -0.370 e. The van der Waals surface area contributed by atoms with Crippen LogP contribution in [0.3, 0.4) is 0 Å². The number of hydrogen-bond donors (Lipinski definition) is 1. The van der Waals surface area contributed by atoms with Crippen LogP contribution in [0.1, 0.15) is 54.7 Å². The number of carbonyl (C=O) groups excluding carboxylic acids is 1. The fourth-order valence-electron chi connectivity index (χ4n) is 3.86. The van der Waals surface area contributed by atoms with Gasteiger partial charge in [0.25, 0.3) is 6.43 Å². The lowest BCUT2D eigenvalue weighted by molar-refractivity contribution is -0.876. The summed E-state index contributed by atoms with van der Waals surface area (Å²) in [6, 6.07) is 6.11. The second kappa shape index (κ2) is 12.9. The molecule has 0 bridgehead atoms. The fourth-order valence-corrected chi connectivity index (χ4v) is 3.86. The summed E-state index contributed by atoms with van der Waals surface area (Å²) >= 11 is 0. The molecule has 2 aromatic heterocycles. The SMILES string of the molecule is Cc1ncc(C#N)c[n+]1OC(=O)CCCN(CCCCc1ccc2c(n1)NCCC2)CC(F)F. The first-order valence-corrected chi connectivity index (χ1v) is 11.7. The van der Waals surface area contributed by atoms with Gasteiger partial charge in [0.05, 0.1) is 13.0 Å². The topological polar surface area (TPSA) is 95.0 Å². The Morgan fingerprint density at radius 2 is 2.15 bits per heavy atom. The number of unbranched alkanes of at least 4 members (excludes halogenated alkanes) is 1. The number of halogens is 2. The van der Waals surface area contributed by atoms with Crippen LogP contribution in [0.2, 0.25) is 0 Å². The third-order valence-electron chi connectivity index (χ3n) is 5.66. The van der Waals surface area contributed by atoms with Crippen molar-refractivity contribution in [1.29, 1.82) is 5.26 Å². The molecule has 0 aliphatic carbocycles. The number of pyridine rings is 1. The van der Waals surface area contributed by atoms with Crippen LogP contribution in [0, 0.1) is 18.3 Å². The summed E-state index contributed by atoms with van der Waals surface area (Å²) in [5.41, 5.74) is 2.53. The van der Waals surface area contributed by atoms with Crippen LogP contribution in [0.25, 0.3) is 0 Å². The third kappa shape index (κ3) is 7.99. The van der Waals surface area contributed by atoms with E-state index in [9.17, 15) is 13.6 Å². The summed E-state index contributed by atoms with van der Waals surface area (Å²) in [7, 11) is 0. The van der Waals surface area contributed by atoms with Crippen molar-refractivity contribution < 1.29 is 23.1 Å². The van der Waals surface area contributed by atoms with E-state index in [-0.39, 0.29) is 18.5 Å². The normalized spacial score (nSPS) is 12.8. The van der Waals surface area contributed by atoms with Crippen molar-refractivity contribution in [3.63, 3.8) is 0 Å². The van der Waals surface area contributed by atoms with Crippen LogP contribution in [-0.2, 0) is 17.6 Å². The van der Waals surface area contributed by atoms with Crippen LogP contribution >= 0.6 is 0 Å². The number of rotatable bonds is 12. The molecular formula is C24H31F2N6O2+. The zero-order chi connectivity index (χ0) is 24.3. The second-order valence-electron chi connectivity index (χ2n) is 8.38. The Morgan fingerprint density at radius 3 is 2.94 bits per heavy atom. The number of alkyl halides is 2. The van der Waals surface area contributed by atoms with Crippen LogP contribution < -0.4 is 14.9 Å². The summed E-state index contributed by atoms with van der Waals surface area (Å²) < 4.78 is 27.2. The molecule has 0 unspecified atom stereocenters. The summed E-state index contributed by atoms with van der Waals surface area (Å²) in [5, 5.41) is 12.3. The number of hydrogen-bond acceptors (Lipinski definition) is 7. The van der Waals surface area contributed by atoms with Crippen molar-refractivity contribution in [3.8, 4) is 6.07 Å². The molecule has 0 saturated carbocycles. The van der Waals surface area contributed by atoms with Gasteiger partial charge in [-0.3, -0.25) is 9.74 Å². The maximum atomic E-state index is 13.0. The summed E-state index contributed by atoms with van der Waals surface area (Å²) in [6.07, 6.45) is 5.41. The lowest BCUT2D eigenvalue weighted by atomic mass is 10.1. The first-order chi connectivity index (χ1) is 16.4. The third-order valence-corrected chi connectivity index (χ3v) is 5.66. The highest BCUT2D eigenvalue weighted by Crippen LogP contribution is 2.20. The Bertz CT molecular complexity index is 1010. The van der Waals surface area contributed by atoms with Gasteiger partial charge in [-0.25, -0.2) is 18.6 Å². The molecule has 0 fully saturated rings. The van der Waals surface area contributed by atoms with Gasteiger partial charge in [0.1, 0.15) is 17.5 Å². The van der Waals surface area contributed by atoms with Gasteiger partial charge in [-0.05, 0) is 73.0 Å². The van der Waals surface area contributed by atoms with Crippen molar-refractivity contribution in [2.45, 2.75) is 58.3 Å². The summed E-state index contributed by atoms with van der Waals surface area (Å²) in [6.45, 7) is 3.18. The summed E-state index contributed by atoms with van der Waals surface area (Å²) in [5.74, 6) is 0.892. The molecule has 1 aliphatic heterocycles. The van der Waals surface area contributed by atoms with Gasteiger partial charge in [-0.15, -0.1) is 0 Å². The first kappa shape index (κ1) is 25.4. The number of nitrogens with zero attached hydrogens (tertiary/aromatic N) is 5. The molecular weight excluding hydrogens is 442 g/mol. The Morgan fingerprint density at radius 1 is 1.32 bits per heavy atom. The molecule has 0 radical (unpaired) electrons. The molecule has 0 aromatic carbocycles. The predicted octanol–water partition coefficient (Wildman–Crippen LogP) is 2.63. The minimum atomic E-state index is -2.43. The van der Waals surface area contributed by atoms with Gasteiger partial charge < -0.3 is 5.32 Å². The molecule has 3 heterocycles. The molecule has 0 spiro atoms. The highest BCUT2D eigenvalue weighted by atomic mass is 19.3. The molecule has 1 aliphatic rings. The number of anilines is 1. The zero-order valence-electron chi connectivity index (χ0n) is 19.5. The van der Waals surface area contributed by atoms with Crippen molar-refractivity contribution in [2.75, 3.05) is 31.5 Å². The molecule has 8 nitrogen and oxygen atoms in total. The van der Waals surface area contributed by atoms with Gasteiger partial charge >= 0.3 is 11.8 Å². The number of aromatic nitrogens is 3. The lowest BCUT2D eigenvalue weighted by Gasteiger charge is -2.21. The zero-order valence-corrected chi connectivity index (χ0v) is 19.5. The molecule has 34 heavy (non-hydrogen) atoms. The molecule has 0 amide bonds. The second-order valence-corrected chi connectivity index (χ2v) is 8.38. The number of nitriles is 1. The molecule has 0 saturated heterocycles. The maximum Gasteiger partial charge on any atom is 0.358 e. The van der Waals surface area contributed by atoms with E-state index in [1.165, 1.54) is 18.0 Å². The number of fused-ring (bicyclic) bond motifs is 1. The highest BCUT2D eigenvalue weighted by Gasteiger charge is 2.17. The van der Waals surface area contributed by atoms with Gasteiger partial charge in [-0.2, -0.15) is 5.26 Å². The van der Waals surface area contributed by atoms with Crippen LogP contribution in [0.15, 0.2) is 24.5 Å². The largest absolute Gasteiger partial charge is 0.370 e. The molecule has 3 rings (SSSR count). The van der Waals surface area contributed by atoms with Gasteiger partial charge in [-0.1, -0.05) is 6.07 Å². The van der Waals surface area contributed by atoms with Crippen molar-refractivity contribution in [3.05, 3.63) is 47.2 Å². The van der Waals surface area contributed by atoms with Crippen molar-refractivity contribution in [2.24, 2.45) is 0 Å². The fraction of sp³-hybridized carbons (Fsp3) is 0.542. The van der Waals surface area contributed by atoms with E-state index in [1.807, 2.05) is 6.07 Å². The molecule has 182 valence electrons. The quantitative estimate of drug-likeness (QED) is 0.374. The van der Waals surface area contributed by atoms with E-state index in [2.05, 4.69) is 27.4 Å². The smallest absolute Gasteiger partial charge is 0.358 e. The van der Waals surface area contributed by atoms with Gasteiger partial charge in [0, 0.05) is 19.2 Å². The molecule has 2 aromatic rings. The first-order valence-electron chi connectivity index (χ1n) is 11.7. The van der Waals surface area contributed by atoms with Gasteiger partial charge in [0.2, 0.25) is 0 Å². The van der Waals surface area contributed by atoms with E-state index in [0.717, 1.165) is 54.9 Å². The van der Waals surface area contributed by atoms with Crippen molar-refractivity contribution in [1.82, 2.24) is 14.9 Å². The molecule has 1 N–H and O–H groups in total. The Hall–Kier alpha value is -3.19. The molecule has 10 heteroatoms. The average Bonchev–Trinajstić information content (AvgIpc) is 2.82. The summed E-state index contributed by atoms with van der Waals surface area (Å²) in [4.78, 5) is 27.7. The van der Waals surface area contributed by atoms with E-state index in [1.54, 1.807) is 11.8 Å². The maximum absolute atomic E-state index is 13.0. The monoisotopic (exact) mass is 473 g/mol. The lowest BCUT2D eigenvalue weighted by Crippen LogP contribution is -2.49. The van der Waals surface area contributed by atoms with Gasteiger partial charge in [0.15, 0.2) is 12.4 Å². The Kier molecular flexibility index (Phi) is 9.64. The van der Waals surface area contributed by atoms with Crippen molar-refractivity contribution >= 4 is 11.8 Å². The Balaban J connectivity index is 1.40. The van der Waals surface area contributed by atoms with E-state index < -0.39 is 12.4 Å². The predicted molar refractivity (Wildman–Crippen MR) is 121 cm³/mol. The van der Waals surface area contributed by atoms with Crippen LogP contribution in [0.4, 0.5) is 14.6 Å². The van der Waals surface area contributed by atoms with Crippen LogP contribution in [0.5, 0.6) is 0 Å². The molecule has 0 atom stereocenters. The standard InChI is InChI=1S/C24H31F2N6O2/c1-18-29-15-19(14-27)16-32(18)34-23(33)8-5-13-31(17-22(25)26)12-3-2-7-21-10-9-20-6-4-11-28-24(20)30-21/h9-10,15-16,22H,2-8,11-13,17H2,1H3,(H,28,30)/q+1. The number of nitrogens with one attached hydrogen (secondary N) is 1. The minimum absolute atomic E-state index is 0.0784. The van der Waals surface area contributed by atoms with E-state index >= 15 is 0 Å². The number of carbonyl (C=O) groups is 1. The van der Waals surface area contributed by atoms with E-state index in [4.69, 9.17) is 10.1 Å².